The van der Waals surface area contributed by atoms with Crippen molar-refractivity contribution in [1.29, 1.82) is 0 Å². The number of hydrogen-bond acceptors (Lipinski definition) is 3. The minimum absolute atomic E-state index is 0.309. The fourth-order valence-electron chi connectivity index (χ4n) is 2.17. The summed E-state index contributed by atoms with van der Waals surface area (Å²) < 4.78 is 0.915. The van der Waals surface area contributed by atoms with Crippen LogP contribution in [0.1, 0.15) is 26.7 Å². The zero-order chi connectivity index (χ0) is 11.7. The van der Waals surface area contributed by atoms with Gasteiger partial charge in [-0.2, -0.15) is 4.98 Å². The van der Waals surface area contributed by atoms with Crippen molar-refractivity contribution in [2.24, 2.45) is 5.92 Å². The minimum Gasteiger partial charge on any atom is -0.353 e. The average molecular weight is 305 g/mol. The van der Waals surface area contributed by atoms with Crippen molar-refractivity contribution in [1.82, 2.24) is 9.97 Å². The fraction of sp³-hybridized carbons (Fsp3) is 0.636. The van der Waals surface area contributed by atoms with Crippen LogP contribution in [-0.2, 0) is 0 Å². The quantitative estimate of drug-likeness (QED) is 0.743. The van der Waals surface area contributed by atoms with E-state index in [9.17, 15) is 0 Å². The van der Waals surface area contributed by atoms with Gasteiger partial charge in [-0.05, 0) is 53.2 Å². The van der Waals surface area contributed by atoms with Crippen molar-refractivity contribution in [2.75, 3.05) is 11.4 Å². The monoisotopic (exact) mass is 303 g/mol. The molecule has 2 heterocycles. The Morgan fingerprint density at radius 2 is 2.25 bits per heavy atom. The molecule has 1 aliphatic rings. The Balaban J connectivity index is 2.31. The highest BCUT2D eigenvalue weighted by Crippen LogP contribution is 2.32. The lowest BCUT2D eigenvalue weighted by atomic mass is 9.92. The van der Waals surface area contributed by atoms with E-state index >= 15 is 0 Å². The zero-order valence-electron chi connectivity index (χ0n) is 9.45. The van der Waals surface area contributed by atoms with Crippen molar-refractivity contribution < 1.29 is 0 Å². The SMILES string of the molecule is CC1CCCN(c2nc(Cl)ncc2Br)C1C. The second kappa shape index (κ2) is 4.88. The maximum absolute atomic E-state index is 5.85. The van der Waals surface area contributed by atoms with Crippen molar-refractivity contribution >= 4 is 33.3 Å². The van der Waals surface area contributed by atoms with E-state index in [4.69, 9.17) is 11.6 Å². The van der Waals surface area contributed by atoms with Crippen LogP contribution in [0.15, 0.2) is 10.7 Å². The number of halogens is 2. The number of nitrogens with zero attached hydrogens (tertiary/aromatic N) is 3. The Bertz CT molecular complexity index is 385. The second-order valence-electron chi connectivity index (χ2n) is 4.36. The third-order valence-corrected chi connectivity index (χ3v) is 4.08. The number of hydrogen-bond donors (Lipinski definition) is 0. The molecule has 0 radical (unpaired) electrons. The predicted octanol–water partition coefficient (Wildman–Crippen LogP) is 3.52. The Morgan fingerprint density at radius 3 is 3.00 bits per heavy atom. The third kappa shape index (κ3) is 2.33. The molecule has 5 heteroatoms. The molecule has 0 bridgehead atoms. The molecule has 16 heavy (non-hydrogen) atoms. The van der Waals surface area contributed by atoms with Crippen LogP contribution >= 0.6 is 27.5 Å². The largest absolute Gasteiger partial charge is 0.353 e. The van der Waals surface area contributed by atoms with Crippen LogP contribution < -0.4 is 4.90 Å². The van der Waals surface area contributed by atoms with E-state index in [0.717, 1.165) is 16.8 Å². The lowest BCUT2D eigenvalue weighted by molar-refractivity contribution is 0.361. The molecule has 2 rings (SSSR count). The summed E-state index contributed by atoms with van der Waals surface area (Å²) in [4.78, 5) is 10.6. The molecule has 0 N–H and O–H groups in total. The van der Waals surface area contributed by atoms with E-state index in [1.165, 1.54) is 12.8 Å². The average Bonchev–Trinajstić information content (AvgIpc) is 2.26. The molecule has 1 aliphatic heterocycles. The maximum atomic E-state index is 5.85. The molecular formula is C11H15BrClN3. The summed E-state index contributed by atoms with van der Waals surface area (Å²) in [6, 6.07) is 0.496. The molecule has 1 aromatic rings. The van der Waals surface area contributed by atoms with Crippen molar-refractivity contribution in [3.63, 3.8) is 0 Å². The molecular weight excluding hydrogens is 289 g/mol. The Labute approximate surface area is 109 Å². The minimum atomic E-state index is 0.309. The molecule has 0 spiro atoms. The van der Waals surface area contributed by atoms with Crippen molar-refractivity contribution in [2.45, 2.75) is 32.7 Å². The third-order valence-electron chi connectivity index (χ3n) is 3.34. The van der Waals surface area contributed by atoms with Crippen LogP contribution in [0.3, 0.4) is 0 Å². The van der Waals surface area contributed by atoms with E-state index in [0.29, 0.717) is 17.2 Å². The number of anilines is 1. The van der Waals surface area contributed by atoms with Crippen LogP contribution in [0.5, 0.6) is 0 Å². The molecule has 0 saturated carbocycles. The first-order chi connectivity index (χ1) is 7.59. The van der Waals surface area contributed by atoms with Gasteiger partial charge >= 0.3 is 0 Å². The summed E-state index contributed by atoms with van der Waals surface area (Å²) in [5.74, 6) is 1.61. The Kier molecular flexibility index (Phi) is 3.70. The van der Waals surface area contributed by atoms with Crippen LogP contribution in [0, 0.1) is 5.92 Å². The summed E-state index contributed by atoms with van der Waals surface area (Å²) in [5, 5.41) is 0.309. The molecule has 88 valence electrons. The second-order valence-corrected chi connectivity index (χ2v) is 5.56. The van der Waals surface area contributed by atoms with E-state index in [2.05, 4.69) is 44.6 Å². The molecule has 3 nitrogen and oxygen atoms in total. The topological polar surface area (TPSA) is 29.0 Å². The Morgan fingerprint density at radius 1 is 1.50 bits per heavy atom. The van der Waals surface area contributed by atoms with E-state index in [-0.39, 0.29) is 0 Å². The van der Waals surface area contributed by atoms with Gasteiger partial charge in [0.05, 0.1) is 4.47 Å². The summed E-state index contributed by atoms with van der Waals surface area (Å²) >= 11 is 9.34. The van der Waals surface area contributed by atoms with Gasteiger partial charge in [-0.15, -0.1) is 0 Å². The highest BCUT2D eigenvalue weighted by molar-refractivity contribution is 9.10. The molecule has 0 aromatic carbocycles. The standard InChI is InChI=1S/C11H15BrClN3/c1-7-4-3-5-16(8(7)2)10-9(12)6-14-11(13)15-10/h6-8H,3-5H2,1-2H3. The van der Waals surface area contributed by atoms with Gasteiger partial charge in [0.25, 0.3) is 0 Å². The van der Waals surface area contributed by atoms with Gasteiger partial charge in [0, 0.05) is 18.8 Å². The van der Waals surface area contributed by atoms with Gasteiger partial charge in [-0.25, -0.2) is 4.98 Å². The summed E-state index contributed by atoms with van der Waals surface area (Å²) in [7, 11) is 0. The highest BCUT2D eigenvalue weighted by Gasteiger charge is 2.27. The molecule has 1 fully saturated rings. The smallest absolute Gasteiger partial charge is 0.224 e. The summed E-state index contributed by atoms with van der Waals surface area (Å²) in [5.41, 5.74) is 0. The highest BCUT2D eigenvalue weighted by atomic mass is 79.9. The van der Waals surface area contributed by atoms with Gasteiger partial charge in [-0.1, -0.05) is 6.92 Å². The van der Waals surface area contributed by atoms with E-state index < -0.39 is 0 Å². The number of piperidine rings is 1. The van der Waals surface area contributed by atoms with Gasteiger partial charge in [0.15, 0.2) is 0 Å². The van der Waals surface area contributed by atoms with E-state index in [1.807, 2.05) is 0 Å². The first-order valence-corrected chi connectivity index (χ1v) is 6.71. The first kappa shape index (κ1) is 12.1. The fourth-order valence-corrected chi connectivity index (χ4v) is 2.72. The summed E-state index contributed by atoms with van der Waals surface area (Å²) in [6.45, 7) is 5.57. The van der Waals surface area contributed by atoms with Gasteiger partial charge in [-0.3, -0.25) is 0 Å². The van der Waals surface area contributed by atoms with Gasteiger partial charge < -0.3 is 4.90 Å². The molecule has 0 amide bonds. The van der Waals surface area contributed by atoms with Crippen LogP contribution in [0.25, 0.3) is 0 Å². The predicted molar refractivity (Wildman–Crippen MR) is 69.9 cm³/mol. The summed E-state index contributed by atoms with van der Waals surface area (Å²) in [6.07, 6.45) is 4.21. The molecule has 2 atom stereocenters. The maximum Gasteiger partial charge on any atom is 0.224 e. The molecule has 1 aromatic heterocycles. The normalized spacial score (nSPS) is 25.9. The molecule has 2 unspecified atom stereocenters. The van der Waals surface area contributed by atoms with Gasteiger partial charge in [0.1, 0.15) is 5.82 Å². The molecule has 1 saturated heterocycles. The number of aromatic nitrogens is 2. The van der Waals surface area contributed by atoms with Crippen LogP contribution in [-0.4, -0.2) is 22.6 Å². The Hall–Kier alpha value is -0.350. The lowest BCUT2D eigenvalue weighted by Crippen LogP contribution is -2.43. The lowest BCUT2D eigenvalue weighted by Gasteiger charge is -2.39. The van der Waals surface area contributed by atoms with Crippen molar-refractivity contribution in [3.05, 3.63) is 16.0 Å². The van der Waals surface area contributed by atoms with Crippen LogP contribution in [0.2, 0.25) is 5.28 Å². The molecule has 0 aliphatic carbocycles. The number of rotatable bonds is 1. The van der Waals surface area contributed by atoms with Crippen LogP contribution in [0.4, 0.5) is 5.82 Å². The van der Waals surface area contributed by atoms with Crippen molar-refractivity contribution in [3.8, 4) is 0 Å². The first-order valence-electron chi connectivity index (χ1n) is 5.54. The van der Waals surface area contributed by atoms with Gasteiger partial charge in [0.2, 0.25) is 5.28 Å². The zero-order valence-corrected chi connectivity index (χ0v) is 11.8. The van der Waals surface area contributed by atoms with E-state index in [1.54, 1.807) is 6.20 Å².